The summed E-state index contributed by atoms with van der Waals surface area (Å²) in [6.45, 7) is 1.78. The van der Waals surface area contributed by atoms with E-state index < -0.39 is 11.7 Å². The molecule has 1 aliphatic rings. The van der Waals surface area contributed by atoms with Crippen molar-refractivity contribution in [3.8, 4) is 22.0 Å². The molecule has 0 aromatic carbocycles. The molecule has 4 aromatic heterocycles. The second kappa shape index (κ2) is 7.57. The highest BCUT2D eigenvalue weighted by Crippen LogP contribution is 2.40. The van der Waals surface area contributed by atoms with Crippen LogP contribution in [0.15, 0.2) is 24.5 Å². The number of alkyl halides is 3. The number of fused-ring (bicyclic) bond motifs is 1. The van der Waals surface area contributed by atoms with E-state index in [1.165, 1.54) is 17.7 Å². The lowest BCUT2D eigenvalue weighted by atomic mass is 10.0. The predicted molar refractivity (Wildman–Crippen MR) is 114 cm³/mol. The second-order valence-electron chi connectivity index (χ2n) is 7.93. The summed E-state index contributed by atoms with van der Waals surface area (Å²) in [4.78, 5) is 20.2. The number of nitrogens with zero attached hydrogens (tertiary/aromatic N) is 5. The predicted octanol–water partition coefficient (Wildman–Crippen LogP) is 3.40. The largest absolute Gasteiger partial charge is 0.419 e. The molecule has 1 saturated carbocycles. The van der Waals surface area contributed by atoms with Crippen LogP contribution in [0.2, 0.25) is 0 Å². The van der Waals surface area contributed by atoms with E-state index in [0.717, 1.165) is 6.20 Å². The molecule has 1 fully saturated rings. The van der Waals surface area contributed by atoms with Crippen LogP contribution in [0.1, 0.15) is 36.0 Å². The number of nitrogens with one attached hydrogen (secondary N) is 1. The Balaban J connectivity index is 1.61. The Labute approximate surface area is 184 Å². The minimum absolute atomic E-state index is 0.184. The smallest absolute Gasteiger partial charge is 0.345 e. The van der Waals surface area contributed by atoms with Crippen LogP contribution in [-0.2, 0) is 6.18 Å². The van der Waals surface area contributed by atoms with E-state index in [-0.39, 0.29) is 23.7 Å². The summed E-state index contributed by atoms with van der Waals surface area (Å²) in [5.41, 5.74) is 12.2. The number of aromatic nitrogens is 6. The average molecular weight is 460 g/mol. The van der Waals surface area contributed by atoms with Crippen LogP contribution < -0.4 is 11.5 Å². The average Bonchev–Trinajstić information content (AvgIpc) is 3.45. The molecule has 2 unspecified atom stereocenters. The Morgan fingerprint density at radius 2 is 1.84 bits per heavy atom. The number of rotatable bonds is 3. The molecule has 5 N–H and O–H groups in total. The molecule has 0 aliphatic heterocycles. The SMILES string of the molecule is Cc1nsc(-c2ccc3c(-c4nc(C5CC(N)C(N)C5)ncc4C(F)(F)F)c[nH]c3n2)n1. The minimum atomic E-state index is -4.61. The maximum atomic E-state index is 13.8. The Bertz CT molecular complexity index is 1290. The first-order valence-electron chi connectivity index (χ1n) is 9.95. The lowest BCUT2D eigenvalue weighted by Gasteiger charge is -2.15. The van der Waals surface area contributed by atoms with Crippen LogP contribution in [0.4, 0.5) is 13.2 Å². The molecule has 1 aliphatic carbocycles. The number of hydrogen-bond donors (Lipinski definition) is 3. The van der Waals surface area contributed by atoms with Crippen molar-refractivity contribution in [2.75, 3.05) is 0 Å². The maximum Gasteiger partial charge on any atom is 0.419 e. The van der Waals surface area contributed by atoms with Crippen molar-refractivity contribution in [3.05, 3.63) is 41.7 Å². The number of halogens is 3. The highest BCUT2D eigenvalue weighted by Gasteiger charge is 2.38. The third-order valence-electron chi connectivity index (χ3n) is 5.68. The number of pyridine rings is 1. The van der Waals surface area contributed by atoms with Crippen LogP contribution >= 0.6 is 11.5 Å². The summed E-state index contributed by atoms with van der Waals surface area (Å²) in [5, 5.41) is 1.15. The van der Waals surface area contributed by atoms with Crippen molar-refractivity contribution in [1.82, 2.24) is 29.3 Å². The lowest BCUT2D eigenvalue weighted by molar-refractivity contribution is -0.137. The van der Waals surface area contributed by atoms with Gasteiger partial charge in [0, 0.05) is 41.3 Å². The summed E-state index contributed by atoms with van der Waals surface area (Å²) in [5.74, 6) is 0.769. The van der Waals surface area contributed by atoms with Gasteiger partial charge in [0.25, 0.3) is 0 Å². The van der Waals surface area contributed by atoms with E-state index >= 15 is 0 Å². The molecule has 4 aromatic rings. The third-order valence-corrected chi connectivity index (χ3v) is 6.51. The standard InChI is InChI=1S/C20H19F3N8S/c1-8-28-19(32-31-8)15-3-2-10-11(6-26-18(10)29-15)16-12(20(21,22)23)7-27-17(30-16)9-4-13(24)14(25)5-9/h2-3,6-7,9,13-14H,4-5,24-25H2,1H3,(H,26,29). The van der Waals surface area contributed by atoms with Crippen LogP contribution in [-0.4, -0.2) is 41.4 Å². The molecule has 12 heteroatoms. The Hall–Kier alpha value is -2.96. The zero-order valence-electron chi connectivity index (χ0n) is 16.9. The van der Waals surface area contributed by atoms with Gasteiger partial charge in [0.2, 0.25) is 0 Å². The monoisotopic (exact) mass is 460 g/mol. The van der Waals surface area contributed by atoms with E-state index in [1.807, 2.05) is 0 Å². The number of hydrogen-bond acceptors (Lipinski definition) is 8. The highest BCUT2D eigenvalue weighted by atomic mass is 32.1. The van der Waals surface area contributed by atoms with Gasteiger partial charge in [-0.2, -0.15) is 17.5 Å². The van der Waals surface area contributed by atoms with Gasteiger partial charge >= 0.3 is 6.18 Å². The Morgan fingerprint density at radius 3 is 2.50 bits per heavy atom. The summed E-state index contributed by atoms with van der Waals surface area (Å²) in [7, 11) is 0. The molecule has 0 saturated heterocycles. The van der Waals surface area contributed by atoms with E-state index in [9.17, 15) is 13.2 Å². The van der Waals surface area contributed by atoms with Crippen LogP contribution in [0.5, 0.6) is 0 Å². The maximum absolute atomic E-state index is 13.8. The molecular weight excluding hydrogens is 441 g/mol. The summed E-state index contributed by atoms with van der Waals surface area (Å²) in [6.07, 6.45) is -1.21. The van der Waals surface area contributed by atoms with Crippen LogP contribution in [0, 0.1) is 6.92 Å². The fraction of sp³-hybridized carbons (Fsp3) is 0.350. The molecule has 166 valence electrons. The van der Waals surface area contributed by atoms with Gasteiger partial charge in [-0.25, -0.2) is 19.9 Å². The molecule has 2 atom stereocenters. The van der Waals surface area contributed by atoms with Crippen molar-refractivity contribution in [1.29, 1.82) is 0 Å². The molecule has 32 heavy (non-hydrogen) atoms. The van der Waals surface area contributed by atoms with Gasteiger partial charge in [-0.15, -0.1) is 0 Å². The Kier molecular flexibility index (Phi) is 4.95. The van der Waals surface area contributed by atoms with Crippen molar-refractivity contribution in [2.45, 2.75) is 43.9 Å². The Morgan fingerprint density at radius 1 is 1.09 bits per heavy atom. The third kappa shape index (κ3) is 3.63. The zero-order chi connectivity index (χ0) is 22.6. The topological polar surface area (TPSA) is 132 Å². The molecule has 0 radical (unpaired) electrons. The summed E-state index contributed by atoms with van der Waals surface area (Å²) >= 11 is 1.21. The van der Waals surface area contributed by atoms with Gasteiger partial charge in [0.15, 0.2) is 5.01 Å². The first kappa shape index (κ1) is 20.9. The quantitative estimate of drug-likeness (QED) is 0.427. The summed E-state index contributed by atoms with van der Waals surface area (Å²) < 4.78 is 45.5. The van der Waals surface area contributed by atoms with Gasteiger partial charge in [0.05, 0.1) is 5.69 Å². The van der Waals surface area contributed by atoms with Crippen molar-refractivity contribution in [2.24, 2.45) is 11.5 Å². The molecule has 0 amide bonds. The first-order chi connectivity index (χ1) is 15.2. The van der Waals surface area contributed by atoms with Gasteiger partial charge in [0.1, 0.15) is 28.6 Å². The number of aromatic amines is 1. The zero-order valence-corrected chi connectivity index (χ0v) is 17.7. The molecule has 0 bridgehead atoms. The van der Waals surface area contributed by atoms with Crippen molar-refractivity contribution in [3.63, 3.8) is 0 Å². The van der Waals surface area contributed by atoms with E-state index in [1.54, 1.807) is 19.1 Å². The molecule has 4 heterocycles. The van der Waals surface area contributed by atoms with Gasteiger partial charge in [-0.05, 0) is 43.4 Å². The van der Waals surface area contributed by atoms with Gasteiger partial charge in [-0.3, -0.25) is 0 Å². The summed E-state index contributed by atoms with van der Waals surface area (Å²) in [6, 6.07) is 2.97. The molecule has 8 nitrogen and oxygen atoms in total. The van der Waals surface area contributed by atoms with Crippen molar-refractivity contribution < 1.29 is 13.2 Å². The highest BCUT2D eigenvalue weighted by molar-refractivity contribution is 7.09. The number of H-pyrrole nitrogens is 1. The first-order valence-corrected chi connectivity index (χ1v) is 10.7. The normalized spacial score (nSPS) is 21.5. The fourth-order valence-electron chi connectivity index (χ4n) is 4.04. The fourth-order valence-corrected chi connectivity index (χ4v) is 4.68. The number of nitrogens with two attached hydrogens (primary N) is 2. The van der Waals surface area contributed by atoms with Crippen LogP contribution in [0.3, 0.4) is 0 Å². The van der Waals surface area contributed by atoms with Gasteiger partial charge < -0.3 is 16.5 Å². The minimum Gasteiger partial charge on any atom is -0.345 e. The molecule has 0 spiro atoms. The van der Waals surface area contributed by atoms with Crippen molar-refractivity contribution >= 4 is 22.6 Å². The van der Waals surface area contributed by atoms with E-state index in [4.69, 9.17) is 11.5 Å². The second-order valence-corrected chi connectivity index (χ2v) is 8.68. The van der Waals surface area contributed by atoms with Gasteiger partial charge in [-0.1, -0.05) is 0 Å². The molecule has 5 rings (SSSR count). The molecular formula is C20H19F3N8S. The number of aryl methyl sites for hydroxylation is 1. The van der Waals surface area contributed by atoms with E-state index in [2.05, 4.69) is 29.3 Å². The van der Waals surface area contributed by atoms with Crippen LogP contribution in [0.25, 0.3) is 33.0 Å². The van der Waals surface area contributed by atoms with E-state index in [0.29, 0.717) is 51.8 Å². The lowest BCUT2D eigenvalue weighted by Crippen LogP contribution is -2.35.